The van der Waals surface area contributed by atoms with Crippen LogP contribution < -0.4 is 0 Å². The van der Waals surface area contributed by atoms with Gasteiger partial charge in [-0.15, -0.1) is 5.10 Å². The molecule has 5 nitrogen and oxygen atoms in total. The highest BCUT2D eigenvalue weighted by Crippen LogP contribution is 2.27. The van der Waals surface area contributed by atoms with E-state index in [1.807, 2.05) is 66.4 Å². The molecule has 1 atom stereocenters. The van der Waals surface area contributed by atoms with E-state index in [9.17, 15) is 4.79 Å². The summed E-state index contributed by atoms with van der Waals surface area (Å²) in [5, 5.41) is 7.56. The SMILES string of the molecule is Cc1ccc(-c2nc(S[C@@H](C)C(=O)N(Cc3ccccc3)C(C)(C)C)n[nH]2)cc1. The van der Waals surface area contributed by atoms with E-state index in [0.717, 1.165) is 11.1 Å². The van der Waals surface area contributed by atoms with Crippen LogP contribution in [0, 0.1) is 6.92 Å². The fourth-order valence-electron chi connectivity index (χ4n) is 2.98. The van der Waals surface area contributed by atoms with Crippen LogP contribution in [0.2, 0.25) is 0 Å². The quantitative estimate of drug-likeness (QED) is 0.577. The maximum absolute atomic E-state index is 13.3. The summed E-state index contributed by atoms with van der Waals surface area (Å²) in [6.07, 6.45) is 0. The van der Waals surface area contributed by atoms with Gasteiger partial charge < -0.3 is 4.90 Å². The summed E-state index contributed by atoms with van der Waals surface area (Å²) < 4.78 is 0. The minimum atomic E-state index is -0.292. The van der Waals surface area contributed by atoms with Crippen LogP contribution in [0.3, 0.4) is 0 Å². The minimum Gasteiger partial charge on any atom is -0.333 e. The van der Waals surface area contributed by atoms with Gasteiger partial charge in [0.1, 0.15) is 0 Å². The van der Waals surface area contributed by atoms with E-state index in [1.165, 1.54) is 17.3 Å². The molecule has 152 valence electrons. The van der Waals surface area contributed by atoms with Crippen LogP contribution in [-0.4, -0.2) is 36.8 Å². The van der Waals surface area contributed by atoms with Gasteiger partial charge in [0.05, 0.1) is 5.25 Å². The summed E-state index contributed by atoms with van der Waals surface area (Å²) in [7, 11) is 0. The molecule has 0 aliphatic rings. The summed E-state index contributed by atoms with van der Waals surface area (Å²) >= 11 is 1.38. The Balaban J connectivity index is 1.72. The van der Waals surface area contributed by atoms with Gasteiger partial charge in [-0.25, -0.2) is 4.98 Å². The molecular formula is C23H28N4OS. The fourth-order valence-corrected chi connectivity index (χ4v) is 3.77. The standard InChI is InChI=1S/C23H28N4OS/c1-16-11-13-19(14-12-16)20-24-22(26-25-20)29-17(2)21(28)27(23(3,4)5)15-18-9-7-6-8-10-18/h6-14,17H,15H2,1-5H3,(H,24,25,26)/t17-/m0/s1. The van der Waals surface area contributed by atoms with E-state index in [2.05, 4.69) is 42.9 Å². The van der Waals surface area contributed by atoms with Crippen molar-refractivity contribution in [2.45, 2.75) is 57.1 Å². The zero-order valence-electron chi connectivity index (χ0n) is 17.6. The first-order chi connectivity index (χ1) is 13.7. The van der Waals surface area contributed by atoms with Crippen molar-refractivity contribution in [2.75, 3.05) is 0 Å². The van der Waals surface area contributed by atoms with E-state index in [4.69, 9.17) is 0 Å². The molecule has 2 aromatic carbocycles. The Labute approximate surface area is 176 Å². The van der Waals surface area contributed by atoms with E-state index in [0.29, 0.717) is 17.5 Å². The number of nitrogens with one attached hydrogen (secondary N) is 1. The lowest BCUT2D eigenvalue weighted by atomic mass is 10.0. The molecule has 1 heterocycles. The predicted octanol–water partition coefficient (Wildman–Crippen LogP) is 5.09. The maximum atomic E-state index is 13.3. The zero-order valence-corrected chi connectivity index (χ0v) is 18.5. The van der Waals surface area contributed by atoms with Gasteiger partial charge in [-0.3, -0.25) is 9.89 Å². The minimum absolute atomic E-state index is 0.0769. The summed E-state index contributed by atoms with van der Waals surface area (Å²) in [5.41, 5.74) is 3.01. The number of hydrogen-bond acceptors (Lipinski definition) is 4. The molecule has 29 heavy (non-hydrogen) atoms. The number of thioether (sulfide) groups is 1. The van der Waals surface area contributed by atoms with Crippen molar-refractivity contribution in [1.82, 2.24) is 20.1 Å². The Morgan fingerprint density at radius 3 is 2.38 bits per heavy atom. The van der Waals surface area contributed by atoms with Crippen molar-refractivity contribution in [3.05, 3.63) is 65.7 Å². The van der Waals surface area contributed by atoms with Gasteiger partial charge >= 0.3 is 0 Å². The second kappa shape index (κ2) is 8.82. The van der Waals surface area contributed by atoms with Crippen molar-refractivity contribution in [1.29, 1.82) is 0 Å². The molecule has 3 rings (SSSR count). The van der Waals surface area contributed by atoms with Crippen molar-refractivity contribution >= 4 is 17.7 Å². The second-order valence-corrected chi connectivity index (χ2v) is 9.48. The Bertz CT molecular complexity index is 945. The molecule has 1 aromatic heterocycles. The smallest absolute Gasteiger partial charge is 0.236 e. The third-order valence-corrected chi connectivity index (χ3v) is 5.63. The predicted molar refractivity (Wildman–Crippen MR) is 119 cm³/mol. The average Bonchev–Trinajstić information content (AvgIpc) is 3.14. The Morgan fingerprint density at radius 1 is 1.10 bits per heavy atom. The van der Waals surface area contributed by atoms with E-state index >= 15 is 0 Å². The van der Waals surface area contributed by atoms with Gasteiger partial charge in [0, 0.05) is 17.6 Å². The van der Waals surface area contributed by atoms with Crippen LogP contribution in [-0.2, 0) is 11.3 Å². The monoisotopic (exact) mass is 408 g/mol. The molecule has 1 N–H and O–H groups in total. The van der Waals surface area contributed by atoms with Gasteiger partial charge in [0.2, 0.25) is 11.1 Å². The van der Waals surface area contributed by atoms with E-state index in [-0.39, 0.29) is 16.7 Å². The molecule has 0 aliphatic heterocycles. The first-order valence-electron chi connectivity index (χ1n) is 9.75. The molecule has 0 unspecified atom stereocenters. The largest absolute Gasteiger partial charge is 0.333 e. The molecule has 0 aliphatic carbocycles. The highest BCUT2D eigenvalue weighted by molar-refractivity contribution is 8.00. The lowest BCUT2D eigenvalue weighted by Crippen LogP contribution is -2.48. The fraction of sp³-hybridized carbons (Fsp3) is 0.348. The number of aromatic nitrogens is 3. The molecule has 0 fully saturated rings. The summed E-state index contributed by atoms with van der Waals surface area (Å²) in [6.45, 7) is 10.7. The van der Waals surface area contributed by atoms with Crippen LogP contribution in [0.25, 0.3) is 11.4 Å². The van der Waals surface area contributed by atoms with Crippen molar-refractivity contribution in [3.8, 4) is 11.4 Å². The topological polar surface area (TPSA) is 61.9 Å². The van der Waals surface area contributed by atoms with Crippen molar-refractivity contribution in [2.24, 2.45) is 0 Å². The normalized spacial score (nSPS) is 12.6. The third-order valence-electron chi connectivity index (χ3n) is 4.68. The number of carbonyl (C=O) groups excluding carboxylic acids is 1. The lowest BCUT2D eigenvalue weighted by Gasteiger charge is -2.37. The third kappa shape index (κ3) is 5.48. The van der Waals surface area contributed by atoms with Gasteiger partial charge in [-0.1, -0.05) is 71.9 Å². The number of hydrogen-bond donors (Lipinski definition) is 1. The van der Waals surface area contributed by atoms with Crippen molar-refractivity contribution < 1.29 is 4.79 Å². The first kappa shape index (κ1) is 21.1. The molecule has 0 radical (unpaired) electrons. The molecule has 6 heteroatoms. The van der Waals surface area contributed by atoms with Crippen LogP contribution >= 0.6 is 11.8 Å². The van der Waals surface area contributed by atoms with E-state index < -0.39 is 0 Å². The average molecular weight is 409 g/mol. The van der Waals surface area contributed by atoms with Gasteiger partial charge in [-0.2, -0.15) is 0 Å². The number of nitrogens with zero attached hydrogens (tertiary/aromatic N) is 3. The molecular weight excluding hydrogens is 380 g/mol. The second-order valence-electron chi connectivity index (χ2n) is 8.17. The van der Waals surface area contributed by atoms with Crippen LogP contribution in [0.5, 0.6) is 0 Å². The zero-order chi connectivity index (χ0) is 21.0. The van der Waals surface area contributed by atoms with Gasteiger partial charge in [0.15, 0.2) is 5.82 Å². The number of aryl methyl sites for hydroxylation is 1. The lowest BCUT2D eigenvalue weighted by molar-refractivity contribution is -0.135. The molecule has 0 bridgehead atoms. The van der Waals surface area contributed by atoms with Crippen molar-refractivity contribution in [3.63, 3.8) is 0 Å². The molecule has 3 aromatic rings. The molecule has 0 saturated carbocycles. The maximum Gasteiger partial charge on any atom is 0.236 e. The van der Waals surface area contributed by atoms with Gasteiger partial charge in [0.25, 0.3) is 0 Å². The first-order valence-corrected chi connectivity index (χ1v) is 10.6. The number of H-pyrrole nitrogens is 1. The molecule has 1 amide bonds. The number of rotatable bonds is 6. The summed E-state index contributed by atoms with van der Waals surface area (Å²) in [5.74, 6) is 0.789. The number of benzene rings is 2. The van der Waals surface area contributed by atoms with E-state index in [1.54, 1.807) is 0 Å². The summed E-state index contributed by atoms with van der Waals surface area (Å²) in [6, 6.07) is 18.2. The number of aromatic amines is 1. The number of amides is 1. The summed E-state index contributed by atoms with van der Waals surface area (Å²) in [4.78, 5) is 19.7. The Hall–Kier alpha value is -2.60. The van der Waals surface area contributed by atoms with Crippen LogP contribution in [0.15, 0.2) is 59.8 Å². The van der Waals surface area contributed by atoms with Crippen LogP contribution in [0.1, 0.15) is 38.8 Å². The highest BCUT2D eigenvalue weighted by atomic mass is 32.2. The highest BCUT2D eigenvalue weighted by Gasteiger charge is 2.31. The van der Waals surface area contributed by atoms with Crippen LogP contribution in [0.4, 0.5) is 0 Å². The Kier molecular flexibility index (Phi) is 6.42. The Morgan fingerprint density at radius 2 is 1.76 bits per heavy atom. The molecule has 0 saturated heterocycles. The van der Waals surface area contributed by atoms with Gasteiger partial charge in [-0.05, 0) is 40.2 Å². The number of carbonyl (C=O) groups is 1. The molecule has 0 spiro atoms.